The van der Waals surface area contributed by atoms with E-state index >= 15 is 0 Å². The Morgan fingerprint density at radius 1 is 1.38 bits per heavy atom. The van der Waals surface area contributed by atoms with Crippen LogP contribution in [0.25, 0.3) is 0 Å². The van der Waals surface area contributed by atoms with Crippen LogP contribution in [0.5, 0.6) is 0 Å². The van der Waals surface area contributed by atoms with Crippen LogP contribution >= 0.6 is 0 Å². The lowest BCUT2D eigenvalue weighted by molar-refractivity contribution is 0.257. The van der Waals surface area contributed by atoms with Crippen molar-refractivity contribution in [3.05, 3.63) is 41.8 Å². The van der Waals surface area contributed by atoms with Gasteiger partial charge in [-0.3, -0.25) is 0 Å². The summed E-state index contributed by atoms with van der Waals surface area (Å²) in [6, 6.07) is 9.15. The second kappa shape index (κ2) is 6.30. The summed E-state index contributed by atoms with van der Waals surface area (Å²) in [5.74, 6) is 1.31. The van der Waals surface area contributed by atoms with E-state index in [2.05, 4.69) is 47.5 Å². The van der Waals surface area contributed by atoms with E-state index in [1.807, 2.05) is 6.19 Å². The van der Waals surface area contributed by atoms with Gasteiger partial charge in [-0.05, 0) is 49.7 Å². The zero-order chi connectivity index (χ0) is 14.7. The summed E-state index contributed by atoms with van der Waals surface area (Å²) < 4.78 is 0. The maximum Gasteiger partial charge on any atom is 0.207 e. The molecule has 1 fully saturated rings. The third-order valence-electron chi connectivity index (χ3n) is 4.77. The van der Waals surface area contributed by atoms with E-state index in [0.717, 1.165) is 31.6 Å². The van der Waals surface area contributed by atoms with Crippen molar-refractivity contribution in [2.45, 2.75) is 45.1 Å². The van der Waals surface area contributed by atoms with Gasteiger partial charge >= 0.3 is 0 Å². The minimum absolute atomic E-state index is 0.326. The van der Waals surface area contributed by atoms with Crippen LogP contribution in [0, 0.1) is 23.8 Å². The lowest BCUT2D eigenvalue weighted by Gasteiger charge is -2.42. The number of benzene rings is 1. The molecule has 1 aliphatic carbocycles. The third kappa shape index (κ3) is 2.68. The highest BCUT2D eigenvalue weighted by Gasteiger charge is 2.33. The van der Waals surface area contributed by atoms with E-state index in [1.165, 1.54) is 24.0 Å². The number of piperidine rings is 1. The summed E-state index contributed by atoms with van der Waals surface area (Å²) in [5, 5.41) is 9.07. The summed E-state index contributed by atoms with van der Waals surface area (Å²) in [4.78, 5) is 6.58. The lowest BCUT2D eigenvalue weighted by atomic mass is 9.84. The highest BCUT2D eigenvalue weighted by Crippen LogP contribution is 2.37. The van der Waals surface area contributed by atoms with Gasteiger partial charge in [0.2, 0.25) is 6.19 Å². The van der Waals surface area contributed by atoms with Crippen molar-refractivity contribution >= 4 is 5.84 Å². The highest BCUT2D eigenvalue weighted by molar-refractivity contribution is 5.87. The molecule has 2 atom stereocenters. The summed E-state index contributed by atoms with van der Waals surface area (Å²) in [6.07, 6.45) is 10.0. The largest absolute Gasteiger partial charge is 0.352 e. The molecule has 21 heavy (non-hydrogen) atoms. The molecule has 109 valence electrons. The quantitative estimate of drug-likeness (QED) is 0.771. The molecular formula is C18H22N3. The van der Waals surface area contributed by atoms with Gasteiger partial charge in [0, 0.05) is 12.5 Å². The molecule has 1 aliphatic heterocycles. The van der Waals surface area contributed by atoms with Crippen LogP contribution < -0.4 is 0 Å². The number of fused-ring (bicyclic) bond motifs is 1. The molecule has 1 heterocycles. The fourth-order valence-corrected chi connectivity index (χ4v) is 3.76. The van der Waals surface area contributed by atoms with Crippen molar-refractivity contribution in [1.29, 1.82) is 5.26 Å². The molecular weight excluding hydrogens is 258 g/mol. The Morgan fingerprint density at radius 3 is 3.05 bits per heavy atom. The highest BCUT2D eigenvalue weighted by atomic mass is 15.2. The van der Waals surface area contributed by atoms with E-state index in [0.29, 0.717) is 12.0 Å². The topological polar surface area (TPSA) is 39.4 Å². The Morgan fingerprint density at radius 2 is 2.24 bits per heavy atom. The first-order valence-corrected chi connectivity index (χ1v) is 7.99. The molecule has 0 N–H and O–H groups in total. The van der Waals surface area contributed by atoms with Gasteiger partial charge in [-0.1, -0.05) is 31.2 Å². The average Bonchev–Trinajstić information content (AvgIpc) is 2.55. The van der Waals surface area contributed by atoms with Crippen LogP contribution in [0.15, 0.2) is 29.3 Å². The van der Waals surface area contributed by atoms with Crippen LogP contribution in [0.4, 0.5) is 0 Å². The van der Waals surface area contributed by atoms with E-state index in [9.17, 15) is 0 Å². The molecule has 1 aromatic carbocycles. The first-order valence-electron chi connectivity index (χ1n) is 7.99. The van der Waals surface area contributed by atoms with Crippen LogP contribution in [0.3, 0.4) is 0 Å². The van der Waals surface area contributed by atoms with Gasteiger partial charge in [0.1, 0.15) is 5.84 Å². The van der Waals surface area contributed by atoms with Crippen molar-refractivity contribution in [3.8, 4) is 6.19 Å². The van der Waals surface area contributed by atoms with Crippen molar-refractivity contribution in [2.24, 2.45) is 10.9 Å². The molecule has 3 heteroatoms. The average molecular weight is 280 g/mol. The summed E-state index contributed by atoms with van der Waals surface area (Å²) in [5.41, 5.74) is 2.90. The zero-order valence-electron chi connectivity index (χ0n) is 12.6. The maximum atomic E-state index is 9.07. The van der Waals surface area contributed by atoms with Gasteiger partial charge in [0.15, 0.2) is 0 Å². The molecule has 0 bridgehead atoms. The van der Waals surface area contributed by atoms with Crippen LogP contribution in [0.1, 0.15) is 49.8 Å². The summed E-state index contributed by atoms with van der Waals surface area (Å²) >= 11 is 0. The standard InChI is InChI=1S/C18H22N3/c1-2-14-9-6-12-21(18(14)20-13-19)17-11-5-8-15-7-3-4-10-16(15)17/h3-4,7,9-10,14,17H,2,5-6,8,11-12H2,1H3. The van der Waals surface area contributed by atoms with Gasteiger partial charge < -0.3 is 4.90 Å². The molecule has 1 aromatic rings. The lowest BCUT2D eigenvalue weighted by Crippen LogP contribution is -2.44. The normalized spacial score (nSPS) is 27.2. The summed E-state index contributed by atoms with van der Waals surface area (Å²) in [6.45, 7) is 3.16. The third-order valence-corrected chi connectivity index (χ3v) is 4.77. The molecule has 3 nitrogen and oxygen atoms in total. The number of likely N-dealkylation sites (tertiary alicyclic amines) is 1. The number of nitrogens with zero attached hydrogens (tertiary/aromatic N) is 3. The number of amidine groups is 1. The molecule has 2 unspecified atom stereocenters. The van der Waals surface area contributed by atoms with E-state index in [-0.39, 0.29) is 0 Å². The first-order chi connectivity index (χ1) is 10.3. The molecule has 1 radical (unpaired) electrons. The number of rotatable bonds is 2. The van der Waals surface area contributed by atoms with E-state index < -0.39 is 0 Å². The predicted octanol–water partition coefficient (Wildman–Crippen LogP) is 3.88. The molecule has 1 saturated heterocycles. The van der Waals surface area contributed by atoms with E-state index in [1.54, 1.807) is 0 Å². The first kappa shape index (κ1) is 14.1. The second-order valence-corrected chi connectivity index (χ2v) is 5.91. The smallest absolute Gasteiger partial charge is 0.207 e. The zero-order valence-corrected chi connectivity index (χ0v) is 12.6. The molecule has 0 aromatic heterocycles. The Hall–Kier alpha value is -1.82. The molecule has 2 aliphatic rings. The number of aliphatic imine (C=N–C) groups is 1. The molecule has 0 saturated carbocycles. The van der Waals surface area contributed by atoms with Crippen LogP contribution in [0.2, 0.25) is 0 Å². The number of hydrogen-bond donors (Lipinski definition) is 0. The number of nitriles is 1. The molecule has 0 amide bonds. The Bertz CT molecular complexity index is 570. The predicted molar refractivity (Wildman–Crippen MR) is 84.6 cm³/mol. The van der Waals surface area contributed by atoms with Crippen molar-refractivity contribution in [1.82, 2.24) is 4.90 Å². The van der Waals surface area contributed by atoms with Crippen molar-refractivity contribution in [3.63, 3.8) is 0 Å². The second-order valence-electron chi connectivity index (χ2n) is 5.91. The van der Waals surface area contributed by atoms with E-state index in [4.69, 9.17) is 5.26 Å². The van der Waals surface area contributed by atoms with Gasteiger partial charge in [-0.25, -0.2) is 0 Å². The van der Waals surface area contributed by atoms with Gasteiger partial charge in [-0.15, -0.1) is 0 Å². The number of hydrogen-bond acceptors (Lipinski definition) is 2. The van der Waals surface area contributed by atoms with Crippen molar-refractivity contribution < 1.29 is 0 Å². The van der Waals surface area contributed by atoms with Gasteiger partial charge in [0.25, 0.3) is 0 Å². The monoisotopic (exact) mass is 280 g/mol. The Labute approximate surface area is 127 Å². The number of aryl methyl sites for hydroxylation is 1. The van der Waals surface area contributed by atoms with Gasteiger partial charge in [0.05, 0.1) is 6.04 Å². The Kier molecular flexibility index (Phi) is 4.24. The van der Waals surface area contributed by atoms with Gasteiger partial charge in [-0.2, -0.15) is 10.3 Å². The van der Waals surface area contributed by atoms with Crippen molar-refractivity contribution in [2.75, 3.05) is 6.54 Å². The molecule has 0 spiro atoms. The molecule has 3 rings (SSSR count). The minimum atomic E-state index is 0.326. The minimum Gasteiger partial charge on any atom is -0.352 e. The van der Waals surface area contributed by atoms with Crippen LogP contribution in [-0.2, 0) is 6.42 Å². The van der Waals surface area contributed by atoms with Crippen LogP contribution in [-0.4, -0.2) is 17.3 Å². The Balaban J connectivity index is 1.96. The SMILES string of the molecule is CCC1[CH]CCN(C2CCCc3ccccc32)C1=NC#N. The fraction of sp³-hybridized carbons (Fsp3) is 0.500. The maximum absolute atomic E-state index is 9.07. The summed E-state index contributed by atoms with van der Waals surface area (Å²) in [7, 11) is 0. The fourth-order valence-electron chi connectivity index (χ4n) is 3.76.